The van der Waals surface area contributed by atoms with Crippen LogP contribution in [0.1, 0.15) is 32.1 Å². The van der Waals surface area contributed by atoms with E-state index in [4.69, 9.17) is 11.2 Å². The van der Waals surface area contributed by atoms with Gasteiger partial charge in [0.25, 0.3) is 0 Å². The first-order valence-corrected chi connectivity index (χ1v) is 6.18. The Morgan fingerprint density at radius 3 is 2.36 bits per heavy atom. The Morgan fingerprint density at radius 1 is 1.36 bits per heavy atom. The van der Waals surface area contributed by atoms with E-state index in [0.29, 0.717) is 0 Å². The molecular formula is C6H11ClFO2P. The van der Waals surface area contributed by atoms with Crippen LogP contribution < -0.4 is 0 Å². The van der Waals surface area contributed by atoms with Crippen LogP contribution in [0.3, 0.4) is 0 Å². The molecular weight excluding hydrogens is 189 g/mol. The van der Waals surface area contributed by atoms with Crippen molar-refractivity contribution in [2.45, 2.75) is 38.2 Å². The minimum atomic E-state index is -4.26. The summed E-state index contributed by atoms with van der Waals surface area (Å²) >= 11 is 4.83. The van der Waals surface area contributed by atoms with Gasteiger partial charge in [-0.05, 0) is 12.8 Å². The molecule has 1 unspecified atom stereocenters. The predicted octanol–water partition coefficient (Wildman–Crippen LogP) is 3.65. The second-order valence-corrected chi connectivity index (χ2v) is 5.03. The third-order valence-corrected chi connectivity index (χ3v) is 2.61. The van der Waals surface area contributed by atoms with Crippen molar-refractivity contribution in [1.29, 1.82) is 0 Å². The molecule has 0 aromatic heterocycles. The van der Waals surface area contributed by atoms with Gasteiger partial charge in [-0.15, -0.1) is 4.20 Å². The van der Waals surface area contributed by atoms with Crippen LogP contribution >= 0.6 is 18.3 Å². The van der Waals surface area contributed by atoms with Crippen molar-refractivity contribution < 1.29 is 13.3 Å². The summed E-state index contributed by atoms with van der Waals surface area (Å²) < 4.78 is 27.2. The number of hydrogen-bond donors (Lipinski definition) is 0. The molecule has 0 aromatic carbocycles. The van der Waals surface area contributed by atoms with E-state index in [1.165, 1.54) is 0 Å². The van der Waals surface area contributed by atoms with E-state index in [1.807, 2.05) is 0 Å². The minimum Gasteiger partial charge on any atom is -0.290 e. The van der Waals surface area contributed by atoms with Gasteiger partial charge in [-0.2, -0.15) is 0 Å². The highest BCUT2D eigenvalue weighted by Gasteiger charge is 2.25. The van der Waals surface area contributed by atoms with Gasteiger partial charge in [0.15, 0.2) is 0 Å². The van der Waals surface area contributed by atoms with Crippen molar-refractivity contribution >= 4 is 18.3 Å². The normalized spacial score (nSPS) is 26.4. The molecule has 5 heteroatoms. The van der Waals surface area contributed by atoms with E-state index in [0.717, 1.165) is 32.1 Å². The maximum atomic E-state index is 12.3. The smallest absolute Gasteiger partial charge is 0.290 e. The molecule has 0 aromatic rings. The molecule has 0 amide bonds. The zero-order valence-electron chi connectivity index (χ0n) is 6.13. The summed E-state index contributed by atoms with van der Waals surface area (Å²) in [5.41, 5.74) is 0. The molecule has 1 aliphatic rings. The van der Waals surface area contributed by atoms with Crippen LogP contribution in [-0.4, -0.2) is 6.10 Å². The van der Waals surface area contributed by atoms with Gasteiger partial charge in [0.2, 0.25) is 0 Å². The zero-order chi connectivity index (χ0) is 8.32. The quantitative estimate of drug-likeness (QED) is 0.636. The fraction of sp³-hybridized carbons (Fsp3) is 1.00. The molecule has 66 valence electrons. The van der Waals surface area contributed by atoms with E-state index in [2.05, 4.69) is 4.52 Å². The van der Waals surface area contributed by atoms with Gasteiger partial charge in [0, 0.05) is 11.2 Å². The largest absolute Gasteiger partial charge is 0.461 e. The summed E-state index contributed by atoms with van der Waals surface area (Å²) in [6, 6.07) is 0. The Hall–Kier alpha value is 0.410. The van der Waals surface area contributed by atoms with Gasteiger partial charge < -0.3 is 0 Å². The Balaban J connectivity index is 2.30. The minimum absolute atomic E-state index is 0.225. The molecule has 0 spiro atoms. The highest BCUT2D eigenvalue weighted by Crippen LogP contribution is 2.56. The van der Waals surface area contributed by atoms with Crippen LogP contribution in [0.4, 0.5) is 4.20 Å². The van der Waals surface area contributed by atoms with Crippen LogP contribution in [0.5, 0.6) is 0 Å². The maximum Gasteiger partial charge on any atom is 0.461 e. The van der Waals surface area contributed by atoms with Crippen LogP contribution in [-0.2, 0) is 9.09 Å². The van der Waals surface area contributed by atoms with E-state index >= 15 is 0 Å². The molecule has 1 atom stereocenters. The molecule has 0 bridgehead atoms. The highest BCUT2D eigenvalue weighted by molar-refractivity contribution is 7.81. The molecule has 2 nitrogen and oxygen atoms in total. The lowest BCUT2D eigenvalue weighted by atomic mass is 9.98. The van der Waals surface area contributed by atoms with Gasteiger partial charge in [-0.25, -0.2) is 4.57 Å². The summed E-state index contributed by atoms with van der Waals surface area (Å²) in [7, 11) is -4.26. The Morgan fingerprint density at radius 2 is 1.91 bits per heavy atom. The van der Waals surface area contributed by atoms with Crippen molar-refractivity contribution in [2.24, 2.45) is 0 Å². The van der Waals surface area contributed by atoms with Gasteiger partial charge in [-0.3, -0.25) is 4.52 Å². The number of rotatable bonds is 2. The topological polar surface area (TPSA) is 26.3 Å². The monoisotopic (exact) mass is 200 g/mol. The molecule has 0 N–H and O–H groups in total. The van der Waals surface area contributed by atoms with E-state index < -0.39 is 7.03 Å². The fourth-order valence-corrected chi connectivity index (χ4v) is 2.24. The standard InChI is InChI=1S/C6H11ClFO2P/c7-11(8,9)10-6-4-2-1-3-5-6/h6H,1-5H2. The van der Waals surface area contributed by atoms with E-state index in [1.54, 1.807) is 0 Å². The Labute approximate surface area is 70.4 Å². The molecule has 11 heavy (non-hydrogen) atoms. The fourth-order valence-electron chi connectivity index (χ4n) is 1.34. The van der Waals surface area contributed by atoms with Gasteiger partial charge in [0.05, 0.1) is 6.10 Å². The molecule has 0 aliphatic heterocycles. The third kappa shape index (κ3) is 4.09. The van der Waals surface area contributed by atoms with Gasteiger partial charge in [-0.1, -0.05) is 19.3 Å². The number of hydrogen-bond acceptors (Lipinski definition) is 2. The van der Waals surface area contributed by atoms with E-state index in [9.17, 15) is 8.76 Å². The second kappa shape index (κ2) is 3.88. The highest BCUT2D eigenvalue weighted by atomic mass is 35.7. The summed E-state index contributed by atoms with van der Waals surface area (Å²) in [6.45, 7) is 0. The molecule has 1 fully saturated rings. The lowest BCUT2D eigenvalue weighted by Crippen LogP contribution is -2.13. The second-order valence-electron chi connectivity index (χ2n) is 2.78. The van der Waals surface area contributed by atoms with Gasteiger partial charge in [0.1, 0.15) is 0 Å². The van der Waals surface area contributed by atoms with Crippen LogP contribution in [0, 0.1) is 0 Å². The first kappa shape index (κ1) is 9.50. The first-order chi connectivity index (χ1) is 5.08. The molecule has 0 saturated heterocycles. The number of halogens is 2. The lowest BCUT2D eigenvalue weighted by molar-refractivity contribution is 0.152. The Kier molecular flexibility index (Phi) is 3.35. The van der Waals surface area contributed by atoms with Crippen molar-refractivity contribution in [1.82, 2.24) is 0 Å². The predicted molar refractivity (Wildman–Crippen MR) is 42.5 cm³/mol. The third-order valence-electron chi connectivity index (χ3n) is 1.82. The van der Waals surface area contributed by atoms with Crippen LogP contribution in [0.15, 0.2) is 0 Å². The molecule has 1 saturated carbocycles. The lowest BCUT2D eigenvalue weighted by Gasteiger charge is -2.20. The average molecular weight is 201 g/mol. The van der Waals surface area contributed by atoms with Crippen molar-refractivity contribution in [2.75, 3.05) is 0 Å². The van der Waals surface area contributed by atoms with Crippen molar-refractivity contribution in [3.63, 3.8) is 0 Å². The summed E-state index contributed by atoms with van der Waals surface area (Å²) in [5, 5.41) is 0. The summed E-state index contributed by atoms with van der Waals surface area (Å²) in [5.74, 6) is 0. The van der Waals surface area contributed by atoms with Crippen LogP contribution in [0.2, 0.25) is 0 Å². The molecule has 1 rings (SSSR count). The van der Waals surface area contributed by atoms with Gasteiger partial charge >= 0.3 is 7.03 Å². The summed E-state index contributed by atoms with van der Waals surface area (Å²) in [4.78, 5) is 0. The molecule has 0 heterocycles. The van der Waals surface area contributed by atoms with Crippen molar-refractivity contribution in [3.8, 4) is 0 Å². The Bertz CT molecular complexity index is 164. The van der Waals surface area contributed by atoms with Crippen LogP contribution in [0.25, 0.3) is 0 Å². The zero-order valence-corrected chi connectivity index (χ0v) is 7.78. The maximum absolute atomic E-state index is 12.3. The summed E-state index contributed by atoms with van der Waals surface area (Å²) in [6.07, 6.45) is 4.51. The SMILES string of the molecule is O=P(F)(Cl)OC1CCCCC1. The first-order valence-electron chi connectivity index (χ1n) is 3.76. The molecule has 0 radical (unpaired) electrons. The van der Waals surface area contributed by atoms with Crippen molar-refractivity contribution in [3.05, 3.63) is 0 Å². The molecule has 1 aliphatic carbocycles. The average Bonchev–Trinajstić information content (AvgIpc) is 1.85. The van der Waals surface area contributed by atoms with E-state index in [-0.39, 0.29) is 6.10 Å².